The number of rotatable bonds is 5. The average Bonchev–Trinajstić information content (AvgIpc) is 2.37. The quantitative estimate of drug-likeness (QED) is 0.854. The molecule has 3 N–H and O–H groups in total. The van der Waals surface area contributed by atoms with E-state index in [1.807, 2.05) is 19.1 Å². The summed E-state index contributed by atoms with van der Waals surface area (Å²) in [5.41, 5.74) is 7.89. The summed E-state index contributed by atoms with van der Waals surface area (Å²) in [6, 6.07) is 5.27. The van der Waals surface area contributed by atoms with E-state index in [0.717, 1.165) is 10.9 Å². The normalized spacial score (nSPS) is 12.3. The Morgan fingerprint density at radius 1 is 1.56 bits per heavy atom. The molecule has 1 amide bonds. The molecule has 0 aliphatic carbocycles. The van der Waals surface area contributed by atoms with Crippen molar-refractivity contribution in [3.63, 3.8) is 0 Å². The van der Waals surface area contributed by atoms with E-state index in [1.54, 1.807) is 11.9 Å². The van der Waals surface area contributed by atoms with Crippen molar-refractivity contribution in [2.75, 3.05) is 20.2 Å². The molecule has 1 aromatic carbocycles. The Morgan fingerprint density at radius 2 is 2.22 bits per heavy atom. The van der Waals surface area contributed by atoms with Gasteiger partial charge in [-0.2, -0.15) is 0 Å². The number of likely N-dealkylation sites (N-methyl/N-ethyl adjacent to an activating group) is 1. The minimum Gasteiger partial charge on any atom is -0.394 e. The molecule has 0 heterocycles. The lowest BCUT2D eigenvalue weighted by Gasteiger charge is -2.20. The third kappa shape index (κ3) is 4.08. The van der Waals surface area contributed by atoms with Gasteiger partial charge in [-0.1, -0.05) is 22.0 Å². The monoisotopic (exact) mass is 314 g/mol. The number of nitrogens with zero attached hydrogens (tertiary/aromatic N) is 1. The highest BCUT2D eigenvalue weighted by Crippen LogP contribution is 2.16. The van der Waals surface area contributed by atoms with Crippen LogP contribution in [0.5, 0.6) is 0 Å². The summed E-state index contributed by atoms with van der Waals surface area (Å²) in [4.78, 5) is 13.2. The second-order valence-electron chi connectivity index (χ2n) is 4.37. The molecular weight excluding hydrogens is 296 g/mol. The summed E-state index contributed by atoms with van der Waals surface area (Å²) in [6.45, 7) is 2.31. The van der Waals surface area contributed by atoms with Crippen molar-refractivity contribution >= 4 is 21.8 Å². The molecule has 0 aromatic heterocycles. The molecular formula is C13H19BrN2O2. The average molecular weight is 315 g/mol. The summed E-state index contributed by atoms with van der Waals surface area (Å²) in [7, 11) is 1.70. The van der Waals surface area contributed by atoms with Crippen LogP contribution >= 0.6 is 15.9 Å². The van der Waals surface area contributed by atoms with Crippen LogP contribution in [0.25, 0.3) is 0 Å². The van der Waals surface area contributed by atoms with E-state index < -0.39 is 6.04 Å². The number of hydrogen-bond donors (Lipinski definition) is 2. The lowest BCUT2D eigenvalue weighted by molar-refractivity contribution is -0.132. The molecule has 1 atom stereocenters. The van der Waals surface area contributed by atoms with E-state index in [0.29, 0.717) is 6.54 Å². The third-order valence-electron chi connectivity index (χ3n) is 2.92. The van der Waals surface area contributed by atoms with Gasteiger partial charge < -0.3 is 15.7 Å². The van der Waals surface area contributed by atoms with E-state index in [1.165, 1.54) is 11.1 Å². The number of amides is 1. The van der Waals surface area contributed by atoms with Gasteiger partial charge in [-0.3, -0.25) is 4.79 Å². The topological polar surface area (TPSA) is 66.6 Å². The van der Waals surface area contributed by atoms with Crippen molar-refractivity contribution in [2.45, 2.75) is 19.4 Å². The molecule has 0 saturated heterocycles. The molecule has 0 radical (unpaired) electrons. The standard InChI is InChI=1S/C13H19BrN2O2/c1-9-3-4-11(14)7-10(9)5-6-16(2)13(18)12(15)8-17/h3-4,7,12,17H,5-6,8,15H2,1-2H3. The summed E-state index contributed by atoms with van der Waals surface area (Å²) < 4.78 is 1.03. The number of carbonyl (C=O) groups excluding carboxylic acids is 1. The van der Waals surface area contributed by atoms with Gasteiger partial charge in [0, 0.05) is 18.1 Å². The fraction of sp³-hybridized carbons (Fsp3) is 0.462. The van der Waals surface area contributed by atoms with Gasteiger partial charge >= 0.3 is 0 Å². The maximum absolute atomic E-state index is 11.7. The number of carbonyl (C=O) groups is 1. The first-order valence-corrected chi connectivity index (χ1v) is 6.61. The lowest BCUT2D eigenvalue weighted by atomic mass is 10.1. The highest BCUT2D eigenvalue weighted by Gasteiger charge is 2.16. The van der Waals surface area contributed by atoms with Crippen molar-refractivity contribution in [3.05, 3.63) is 33.8 Å². The number of benzene rings is 1. The van der Waals surface area contributed by atoms with Crippen LogP contribution in [0.15, 0.2) is 22.7 Å². The van der Waals surface area contributed by atoms with Gasteiger partial charge in [-0.15, -0.1) is 0 Å². The summed E-state index contributed by atoms with van der Waals surface area (Å²) in [6.07, 6.45) is 0.770. The first-order chi connectivity index (χ1) is 8.45. The molecule has 1 rings (SSSR count). The summed E-state index contributed by atoms with van der Waals surface area (Å²) in [5, 5.41) is 8.84. The number of hydrogen-bond acceptors (Lipinski definition) is 3. The fourth-order valence-electron chi connectivity index (χ4n) is 1.67. The van der Waals surface area contributed by atoms with Crippen molar-refractivity contribution < 1.29 is 9.90 Å². The first kappa shape index (κ1) is 15.1. The first-order valence-electron chi connectivity index (χ1n) is 5.82. The van der Waals surface area contributed by atoms with Crippen LogP contribution in [0, 0.1) is 6.92 Å². The Bertz CT molecular complexity index is 423. The Hall–Kier alpha value is -0.910. The molecule has 100 valence electrons. The number of halogens is 1. The molecule has 4 nitrogen and oxygen atoms in total. The Balaban J connectivity index is 2.59. The van der Waals surface area contributed by atoms with Crippen molar-refractivity contribution in [2.24, 2.45) is 5.73 Å². The van der Waals surface area contributed by atoms with E-state index in [9.17, 15) is 4.79 Å². The van der Waals surface area contributed by atoms with Gasteiger partial charge in [0.15, 0.2) is 0 Å². The molecule has 0 saturated carbocycles. The van der Waals surface area contributed by atoms with Crippen LogP contribution in [0.3, 0.4) is 0 Å². The van der Waals surface area contributed by atoms with Crippen molar-refractivity contribution in [1.29, 1.82) is 0 Å². The molecule has 18 heavy (non-hydrogen) atoms. The van der Waals surface area contributed by atoms with Gasteiger partial charge in [0.05, 0.1) is 6.61 Å². The molecule has 1 aromatic rings. The molecule has 0 spiro atoms. The number of nitrogens with two attached hydrogens (primary N) is 1. The Labute approximate surface area is 116 Å². The molecule has 5 heteroatoms. The lowest BCUT2D eigenvalue weighted by Crippen LogP contribution is -2.44. The predicted octanol–water partition coefficient (Wildman–Crippen LogP) is 1.08. The van der Waals surface area contributed by atoms with Crippen LogP contribution in [0.1, 0.15) is 11.1 Å². The van der Waals surface area contributed by atoms with Crippen molar-refractivity contribution in [3.8, 4) is 0 Å². The predicted molar refractivity (Wildman–Crippen MR) is 75.3 cm³/mol. The molecule has 0 fully saturated rings. The van der Waals surface area contributed by atoms with Gasteiger partial charge in [-0.05, 0) is 36.6 Å². The van der Waals surface area contributed by atoms with E-state index in [-0.39, 0.29) is 12.5 Å². The Morgan fingerprint density at radius 3 is 2.83 bits per heavy atom. The zero-order valence-corrected chi connectivity index (χ0v) is 12.3. The molecule has 1 unspecified atom stereocenters. The summed E-state index contributed by atoms with van der Waals surface area (Å²) in [5.74, 6) is -0.231. The second kappa shape index (κ2) is 6.87. The van der Waals surface area contributed by atoms with Gasteiger partial charge in [0.1, 0.15) is 6.04 Å². The minimum atomic E-state index is -0.821. The van der Waals surface area contributed by atoms with Gasteiger partial charge in [0.2, 0.25) is 5.91 Å². The number of aliphatic hydroxyl groups is 1. The zero-order chi connectivity index (χ0) is 13.7. The molecule has 0 aliphatic rings. The van der Waals surface area contributed by atoms with E-state index >= 15 is 0 Å². The summed E-state index contributed by atoms with van der Waals surface area (Å²) >= 11 is 3.43. The van der Waals surface area contributed by atoms with Crippen molar-refractivity contribution in [1.82, 2.24) is 4.90 Å². The third-order valence-corrected chi connectivity index (χ3v) is 3.41. The van der Waals surface area contributed by atoms with Crippen LogP contribution in [-0.2, 0) is 11.2 Å². The SMILES string of the molecule is Cc1ccc(Br)cc1CCN(C)C(=O)C(N)CO. The van der Waals surface area contributed by atoms with Gasteiger partial charge in [-0.25, -0.2) is 0 Å². The highest BCUT2D eigenvalue weighted by atomic mass is 79.9. The highest BCUT2D eigenvalue weighted by molar-refractivity contribution is 9.10. The smallest absolute Gasteiger partial charge is 0.241 e. The largest absolute Gasteiger partial charge is 0.394 e. The van der Waals surface area contributed by atoms with Crippen LogP contribution in [0.2, 0.25) is 0 Å². The Kier molecular flexibility index (Phi) is 5.78. The number of aryl methyl sites for hydroxylation is 1. The van der Waals surface area contributed by atoms with Crippen LogP contribution < -0.4 is 5.73 Å². The van der Waals surface area contributed by atoms with E-state index in [4.69, 9.17) is 10.8 Å². The maximum Gasteiger partial charge on any atom is 0.241 e. The second-order valence-corrected chi connectivity index (χ2v) is 5.29. The molecule has 0 bridgehead atoms. The fourth-order valence-corrected chi connectivity index (χ4v) is 2.08. The van der Waals surface area contributed by atoms with Crippen LogP contribution in [0.4, 0.5) is 0 Å². The van der Waals surface area contributed by atoms with Gasteiger partial charge in [0.25, 0.3) is 0 Å². The molecule has 0 aliphatic heterocycles. The maximum atomic E-state index is 11.7. The van der Waals surface area contributed by atoms with Crippen LogP contribution in [-0.4, -0.2) is 42.2 Å². The minimum absolute atomic E-state index is 0.231. The zero-order valence-electron chi connectivity index (χ0n) is 10.7. The number of aliphatic hydroxyl groups excluding tert-OH is 1. The van der Waals surface area contributed by atoms with E-state index in [2.05, 4.69) is 22.0 Å².